The van der Waals surface area contributed by atoms with E-state index in [1.54, 1.807) is 0 Å². The minimum absolute atomic E-state index is 0.582. The average Bonchev–Trinajstić information content (AvgIpc) is 2.38. The molecular weight excluding hydrogens is 222 g/mol. The average molecular weight is 247 g/mol. The Morgan fingerprint density at radius 1 is 1.39 bits per heavy atom. The topological polar surface area (TPSA) is 42.2 Å². The van der Waals surface area contributed by atoms with Gasteiger partial charge in [0.05, 0.1) is 0 Å². The van der Waals surface area contributed by atoms with Gasteiger partial charge >= 0.3 is 0 Å². The SMILES string of the molecule is Cc1ccnc(N2CCC(C(C)C)CC2)c1CN. The molecule has 1 saturated heterocycles. The van der Waals surface area contributed by atoms with Crippen LogP contribution in [0.3, 0.4) is 0 Å². The molecule has 0 radical (unpaired) electrons. The molecule has 0 saturated carbocycles. The predicted octanol–water partition coefficient (Wildman–Crippen LogP) is 2.72. The summed E-state index contributed by atoms with van der Waals surface area (Å²) in [7, 11) is 0. The van der Waals surface area contributed by atoms with Crippen molar-refractivity contribution >= 4 is 5.82 Å². The zero-order valence-electron chi connectivity index (χ0n) is 11.8. The smallest absolute Gasteiger partial charge is 0.133 e. The molecule has 1 aliphatic heterocycles. The number of aromatic nitrogens is 1. The number of nitrogens with zero attached hydrogens (tertiary/aromatic N) is 2. The Bertz CT molecular complexity index is 393. The van der Waals surface area contributed by atoms with Gasteiger partial charge in [-0.3, -0.25) is 0 Å². The first-order valence-corrected chi connectivity index (χ1v) is 7.03. The summed E-state index contributed by atoms with van der Waals surface area (Å²) < 4.78 is 0. The predicted molar refractivity (Wildman–Crippen MR) is 76.6 cm³/mol. The van der Waals surface area contributed by atoms with Crippen molar-refractivity contribution in [1.29, 1.82) is 0 Å². The molecule has 0 spiro atoms. The quantitative estimate of drug-likeness (QED) is 0.893. The summed E-state index contributed by atoms with van der Waals surface area (Å²) in [6, 6.07) is 2.05. The van der Waals surface area contributed by atoms with Crippen molar-refractivity contribution in [2.45, 2.75) is 40.2 Å². The number of hydrogen-bond donors (Lipinski definition) is 1. The molecule has 0 amide bonds. The van der Waals surface area contributed by atoms with E-state index in [4.69, 9.17) is 5.73 Å². The second kappa shape index (κ2) is 5.70. The lowest BCUT2D eigenvalue weighted by Crippen LogP contribution is -2.36. The van der Waals surface area contributed by atoms with Gasteiger partial charge in [0, 0.05) is 31.4 Å². The Labute approximate surface area is 110 Å². The van der Waals surface area contributed by atoms with Crippen LogP contribution in [0.1, 0.15) is 37.8 Å². The van der Waals surface area contributed by atoms with Crippen LogP contribution in [-0.2, 0) is 6.54 Å². The first kappa shape index (κ1) is 13.3. The van der Waals surface area contributed by atoms with Crippen molar-refractivity contribution in [2.75, 3.05) is 18.0 Å². The van der Waals surface area contributed by atoms with Gasteiger partial charge in [0.1, 0.15) is 5.82 Å². The van der Waals surface area contributed by atoms with Gasteiger partial charge in [-0.05, 0) is 43.2 Å². The molecule has 0 atom stereocenters. The van der Waals surface area contributed by atoms with E-state index in [9.17, 15) is 0 Å². The van der Waals surface area contributed by atoms with Crippen molar-refractivity contribution in [1.82, 2.24) is 4.98 Å². The van der Waals surface area contributed by atoms with Gasteiger partial charge in [0.25, 0.3) is 0 Å². The minimum atomic E-state index is 0.582. The molecular formula is C15H25N3. The third kappa shape index (κ3) is 2.66. The standard InChI is InChI=1S/C15H25N3/c1-11(2)13-5-8-18(9-6-13)15-14(10-16)12(3)4-7-17-15/h4,7,11,13H,5-6,8-10,16H2,1-3H3. The van der Waals surface area contributed by atoms with Gasteiger partial charge in [-0.25, -0.2) is 4.98 Å². The lowest BCUT2D eigenvalue weighted by atomic mass is 9.86. The molecule has 1 fully saturated rings. The molecule has 3 heteroatoms. The summed E-state index contributed by atoms with van der Waals surface area (Å²) >= 11 is 0. The normalized spacial score (nSPS) is 17.5. The summed E-state index contributed by atoms with van der Waals surface area (Å²) in [4.78, 5) is 6.96. The maximum atomic E-state index is 5.87. The Kier molecular flexibility index (Phi) is 4.23. The molecule has 1 aromatic heterocycles. The summed E-state index contributed by atoms with van der Waals surface area (Å²) in [5.41, 5.74) is 8.33. The maximum absolute atomic E-state index is 5.87. The highest BCUT2D eigenvalue weighted by molar-refractivity contribution is 5.50. The lowest BCUT2D eigenvalue weighted by molar-refractivity contribution is 0.310. The first-order valence-electron chi connectivity index (χ1n) is 7.03. The van der Waals surface area contributed by atoms with Crippen LogP contribution in [0.2, 0.25) is 0 Å². The zero-order valence-corrected chi connectivity index (χ0v) is 11.8. The summed E-state index contributed by atoms with van der Waals surface area (Å²) in [6.07, 6.45) is 4.45. The fraction of sp³-hybridized carbons (Fsp3) is 0.667. The van der Waals surface area contributed by atoms with Crippen LogP contribution in [-0.4, -0.2) is 18.1 Å². The van der Waals surface area contributed by atoms with E-state index in [-0.39, 0.29) is 0 Å². The molecule has 0 unspecified atom stereocenters. The maximum Gasteiger partial charge on any atom is 0.133 e. The van der Waals surface area contributed by atoms with E-state index in [1.807, 2.05) is 12.3 Å². The van der Waals surface area contributed by atoms with Crippen molar-refractivity contribution < 1.29 is 0 Å². The van der Waals surface area contributed by atoms with E-state index in [0.29, 0.717) is 6.54 Å². The van der Waals surface area contributed by atoms with Gasteiger partial charge in [0.15, 0.2) is 0 Å². The first-order chi connectivity index (χ1) is 8.63. The summed E-state index contributed by atoms with van der Waals surface area (Å²) in [5, 5.41) is 0. The molecule has 0 aromatic carbocycles. The molecule has 3 nitrogen and oxygen atoms in total. The zero-order chi connectivity index (χ0) is 13.1. The number of aryl methyl sites for hydroxylation is 1. The van der Waals surface area contributed by atoms with Gasteiger partial charge in [-0.1, -0.05) is 13.8 Å². The summed E-state index contributed by atoms with van der Waals surface area (Å²) in [5.74, 6) is 2.78. The van der Waals surface area contributed by atoms with Crippen LogP contribution >= 0.6 is 0 Å². The molecule has 0 bridgehead atoms. The van der Waals surface area contributed by atoms with E-state index < -0.39 is 0 Å². The molecule has 0 aliphatic carbocycles. The Hall–Kier alpha value is -1.09. The second-order valence-electron chi connectivity index (χ2n) is 5.70. The Morgan fingerprint density at radius 2 is 2.06 bits per heavy atom. The van der Waals surface area contributed by atoms with E-state index in [0.717, 1.165) is 30.7 Å². The number of rotatable bonds is 3. The fourth-order valence-corrected chi connectivity index (χ4v) is 2.88. The summed E-state index contributed by atoms with van der Waals surface area (Å²) in [6.45, 7) is 9.60. The highest BCUT2D eigenvalue weighted by Gasteiger charge is 2.23. The van der Waals surface area contributed by atoms with Gasteiger partial charge in [0.2, 0.25) is 0 Å². The highest BCUT2D eigenvalue weighted by Crippen LogP contribution is 2.29. The number of piperidine rings is 1. The highest BCUT2D eigenvalue weighted by atomic mass is 15.2. The van der Waals surface area contributed by atoms with Crippen molar-refractivity contribution in [2.24, 2.45) is 17.6 Å². The van der Waals surface area contributed by atoms with E-state index in [2.05, 4.69) is 30.7 Å². The van der Waals surface area contributed by atoms with Crippen LogP contribution in [0, 0.1) is 18.8 Å². The van der Waals surface area contributed by atoms with Gasteiger partial charge in [-0.2, -0.15) is 0 Å². The van der Waals surface area contributed by atoms with E-state index >= 15 is 0 Å². The van der Waals surface area contributed by atoms with Crippen molar-refractivity contribution in [3.8, 4) is 0 Å². The monoisotopic (exact) mass is 247 g/mol. The fourth-order valence-electron chi connectivity index (χ4n) is 2.88. The van der Waals surface area contributed by atoms with Crippen molar-refractivity contribution in [3.05, 3.63) is 23.4 Å². The Morgan fingerprint density at radius 3 is 2.61 bits per heavy atom. The number of nitrogens with two attached hydrogens (primary N) is 1. The number of anilines is 1. The van der Waals surface area contributed by atoms with Crippen LogP contribution in [0.4, 0.5) is 5.82 Å². The molecule has 1 aliphatic rings. The van der Waals surface area contributed by atoms with Crippen LogP contribution in [0.25, 0.3) is 0 Å². The van der Waals surface area contributed by atoms with E-state index in [1.165, 1.54) is 24.0 Å². The molecule has 2 N–H and O–H groups in total. The second-order valence-corrected chi connectivity index (χ2v) is 5.70. The molecule has 1 aromatic rings. The molecule has 18 heavy (non-hydrogen) atoms. The van der Waals surface area contributed by atoms with Crippen LogP contribution in [0.5, 0.6) is 0 Å². The third-order valence-corrected chi connectivity index (χ3v) is 4.25. The molecule has 2 heterocycles. The lowest BCUT2D eigenvalue weighted by Gasteiger charge is -2.35. The van der Waals surface area contributed by atoms with Crippen LogP contribution in [0.15, 0.2) is 12.3 Å². The largest absolute Gasteiger partial charge is 0.356 e. The van der Waals surface area contributed by atoms with Crippen molar-refractivity contribution in [3.63, 3.8) is 0 Å². The van der Waals surface area contributed by atoms with Gasteiger partial charge in [-0.15, -0.1) is 0 Å². The Balaban J connectivity index is 2.12. The third-order valence-electron chi connectivity index (χ3n) is 4.25. The van der Waals surface area contributed by atoms with Gasteiger partial charge < -0.3 is 10.6 Å². The minimum Gasteiger partial charge on any atom is -0.356 e. The number of hydrogen-bond acceptors (Lipinski definition) is 3. The molecule has 100 valence electrons. The number of pyridine rings is 1. The van der Waals surface area contributed by atoms with Crippen LogP contribution < -0.4 is 10.6 Å². The molecule has 2 rings (SSSR count).